The van der Waals surface area contributed by atoms with Gasteiger partial charge in [0.05, 0.1) is 12.1 Å². The average Bonchev–Trinajstić information content (AvgIpc) is 2.68. The first-order valence-corrected chi connectivity index (χ1v) is 6.19. The maximum absolute atomic E-state index is 11.9. The molecule has 0 bridgehead atoms. The number of nitrogens with one attached hydrogen (secondary N) is 1. The minimum Gasteiger partial charge on any atom is -0.392 e. The number of carbonyl (C=O) groups is 1. The summed E-state index contributed by atoms with van der Waals surface area (Å²) in [5, 5.41) is 12.3. The van der Waals surface area contributed by atoms with Crippen LogP contribution in [-0.2, 0) is 4.79 Å². The fourth-order valence-corrected chi connectivity index (χ4v) is 2.17. The van der Waals surface area contributed by atoms with Crippen molar-refractivity contribution in [3.05, 3.63) is 0 Å². The molecule has 4 heteroatoms. The van der Waals surface area contributed by atoms with E-state index in [0.29, 0.717) is 12.6 Å². The Balaban J connectivity index is 2.33. The molecule has 0 saturated heterocycles. The summed E-state index contributed by atoms with van der Waals surface area (Å²) >= 11 is 0. The van der Waals surface area contributed by atoms with E-state index in [1.807, 2.05) is 18.9 Å². The first-order valence-electron chi connectivity index (χ1n) is 6.19. The second-order valence-electron chi connectivity index (χ2n) is 4.95. The van der Waals surface area contributed by atoms with E-state index in [9.17, 15) is 9.90 Å². The van der Waals surface area contributed by atoms with Crippen LogP contribution in [0.2, 0.25) is 0 Å². The SMILES string of the molecule is CC(O)CN(C)C(C)C(=O)NC1CCCC1. The van der Waals surface area contributed by atoms with Crippen LogP contribution in [-0.4, -0.2) is 47.7 Å². The summed E-state index contributed by atoms with van der Waals surface area (Å²) in [7, 11) is 1.87. The van der Waals surface area contributed by atoms with Crippen molar-refractivity contribution in [2.75, 3.05) is 13.6 Å². The topological polar surface area (TPSA) is 52.6 Å². The van der Waals surface area contributed by atoms with Gasteiger partial charge in [-0.3, -0.25) is 9.69 Å². The molecule has 0 radical (unpaired) electrons. The number of rotatable bonds is 5. The fraction of sp³-hybridized carbons (Fsp3) is 0.917. The van der Waals surface area contributed by atoms with Crippen LogP contribution >= 0.6 is 0 Å². The molecule has 4 nitrogen and oxygen atoms in total. The number of amides is 1. The third-order valence-corrected chi connectivity index (χ3v) is 3.29. The van der Waals surface area contributed by atoms with Crippen molar-refractivity contribution in [1.29, 1.82) is 0 Å². The minimum atomic E-state index is -0.397. The van der Waals surface area contributed by atoms with Crippen LogP contribution in [0.15, 0.2) is 0 Å². The van der Waals surface area contributed by atoms with Crippen molar-refractivity contribution in [3.63, 3.8) is 0 Å². The van der Waals surface area contributed by atoms with E-state index in [-0.39, 0.29) is 11.9 Å². The van der Waals surface area contributed by atoms with E-state index < -0.39 is 6.10 Å². The van der Waals surface area contributed by atoms with Gasteiger partial charge in [-0.05, 0) is 33.7 Å². The van der Waals surface area contributed by atoms with Crippen molar-refractivity contribution in [1.82, 2.24) is 10.2 Å². The van der Waals surface area contributed by atoms with Crippen LogP contribution in [0.5, 0.6) is 0 Å². The molecule has 94 valence electrons. The predicted octanol–water partition coefficient (Wildman–Crippen LogP) is 0.746. The molecule has 1 rings (SSSR count). The summed E-state index contributed by atoms with van der Waals surface area (Å²) in [5.41, 5.74) is 0. The van der Waals surface area contributed by atoms with Crippen LogP contribution in [0.3, 0.4) is 0 Å². The standard InChI is InChI=1S/C12H24N2O2/c1-9(15)8-14(3)10(2)12(16)13-11-6-4-5-7-11/h9-11,15H,4-8H2,1-3H3,(H,13,16). The normalized spacial score (nSPS) is 21.1. The van der Waals surface area contributed by atoms with Gasteiger partial charge in [0, 0.05) is 12.6 Å². The Hall–Kier alpha value is -0.610. The Bertz CT molecular complexity index is 225. The highest BCUT2D eigenvalue weighted by Gasteiger charge is 2.23. The highest BCUT2D eigenvalue weighted by Crippen LogP contribution is 2.17. The maximum Gasteiger partial charge on any atom is 0.237 e. The third-order valence-electron chi connectivity index (χ3n) is 3.29. The molecule has 0 aliphatic heterocycles. The first kappa shape index (κ1) is 13.5. The zero-order valence-corrected chi connectivity index (χ0v) is 10.6. The van der Waals surface area contributed by atoms with Gasteiger partial charge in [0.2, 0.25) is 5.91 Å². The molecule has 1 fully saturated rings. The minimum absolute atomic E-state index is 0.0788. The van der Waals surface area contributed by atoms with Crippen LogP contribution in [0, 0.1) is 0 Å². The number of aliphatic hydroxyl groups is 1. The van der Waals surface area contributed by atoms with Gasteiger partial charge in [0.25, 0.3) is 0 Å². The van der Waals surface area contributed by atoms with Gasteiger partial charge in [0.1, 0.15) is 0 Å². The van der Waals surface area contributed by atoms with Crippen LogP contribution in [0.25, 0.3) is 0 Å². The lowest BCUT2D eigenvalue weighted by molar-refractivity contribution is -0.126. The number of hydrogen-bond acceptors (Lipinski definition) is 3. The second-order valence-corrected chi connectivity index (χ2v) is 4.95. The van der Waals surface area contributed by atoms with Gasteiger partial charge >= 0.3 is 0 Å². The molecular weight excluding hydrogens is 204 g/mol. The Labute approximate surface area is 98.0 Å². The molecule has 1 aliphatic rings. The van der Waals surface area contributed by atoms with Crippen molar-refractivity contribution in [2.24, 2.45) is 0 Å². The molecule has 0 spiro atoms. The largest absolute Gasteiger partial charge is 0.392 e. The molecular formula is C12H24N2O2. The molecule has 1 saturated carbocycles. The Kier molecular flexibility index (Phi) is 5.22. The molecule has 2 unspecified atom stereocenters. The lowest BCUT2D eigenvalue weighted by atomic mass is 10.2. The van der Waals surface area contributed by atoms with Gasteiger partial charge in [-0.1, -0.05) is 12.8 Å². The van der Waals surface area contributed by atoms with E-state index in [1.54, 1.807) is 6.92 Å². The van der Waals surface area contributed by atoms with E-state index in [4.69, 9.17) is 0 Å². The Morgan fingerprint density at radius 1 is 1.44 bits per heavy atom. The summed E-state index contributed by atoms with van der Waals surface area (Å²) in [6.45, 7) is 4.14. The summed E-state index contributed by atoms with van der Waals surface area (Å²) in [6.07, 6.45) is 4.27. The average molecular weight is 228 g/mol. The summed E-state index contributed by atoms with van der Waals surface area (Å²) in [4.78, 5) is 13.8. The smallest absolute Gasteiger partial charge is 0.237 e. The van der Waals surface area contributed by atoms with E-state index in [1.165, 1.54) is 12.8 Å². The monoisotopic (exact) mass is 228 g/mol. The third kappa shape index (κ3) is 4.10. The van der Waals surface area contributed by atoms with Gasteiger partial charge in [0.15, 0.2) is 0 Å². The molecule has 0 aromatic heterocycles. The summed E-state index contributed by atoms with van der Waals surface area (Å²) in [5.74, 6) is 0.0788. The van der Waals surface area contributed by atoms with Crippen molar-refractivity contribution in [3.8, 4) is 0 Å². The molecule has 16 heavy (non-hydrogen) atoms. The quantitative estimate of drug-likeness (QED) is 0.730. The lowest BCUT2D eigenvalue weighted by Gasteiger charge is -2.26. The van der Waals surface area contributed by atoms with E-state index >= 15 is 0 Å². The number of aliphatic hydroxyl groups excluding tert-OH is 1. The van der Waals surface area contributed by atoms with Crippen LogP contribution in [0.4, 0.5) is 0 Å². The predicted molar refractivity (Wildman–Crippen MR) is 64.2 cm³/mol. The van der Waals surface area contributed by atoms with Gasteiger partial charge < -0.3 is 10.4 Å². The molecule has 0 aromatic carbocycles. The molecule has 1 amide bonds. The molecule has 2 N–H and O–H groups in total. The number of nitrogens with zero attached hydrogens (tertiary/aromatic N) is 1. The zero-order valence-electron chi connectivity index (χ0n) is 10.6. The van der Waals surface area contributed by atoms with Crippen molar-refractivity contribution in [2.45, 2.75) is 57.7 Å². The van der Waals surface area contributed by atoms with Crippen LogP contribution in [0.1, 0.15) is 39.5 Å². The van der Waals surface area contributed by atoms with E-state index in [2.05, 4.69) is 5.32 Å². The van der Waals surface area contributed by atoms with Crippen molar-refractivity contribution >= 4 is 5.91 Å². The maximum atomic E-state index is 11.9. The molecule has 2 atom stereocenters. The second kappa shape index (κ2) is 6.21. The summed E-state index contributed by atoms with van der Waals surface area (Å²) in [6, 6.07) is 0.199. The van der Waals surface area contributed by atoms with E-state index in [0.717, 1.165) is 12.8 Å². The van der Waals surface area contributed by atoms with Gasteiger partial charge in [-0.2, -0.15) is 0 Å². The highest BCUT2D eigenvalue weighted by atomic mass is 16.3. The molecule has 1 aliphatic carbocycles. The Morgan fingerprint density at radius 2 is 2.00 bits per heavy atom. The summed E-state index contributed by atoms with van der Waals surface area (Å²) < 4.78 is 0. The number of likely N-dealkylation sites (N-methyl/N-ethyl adjacent to an activating group) is 1. The van der Waals surface area contributed by atoms with Gasteiger partial charge in [-0.15, -0.1) is 0 Å². The van der Waals surface area contributed by atoms with Gasteiger partial charge in [-0.25, -0.2) is 0 Å². The zero-order chi connectivity index (χ0) is 12.1. The first-order chi connectivity index (χ1) is 7.50. The fourth-order valence-electron chi connectivity index (χ4n) is 2.17. The Morgan fingerprint density at radius 3 is 2.50 bits per heavy atom. The molecule has 0 aromatic rings. The molecule has 0 heterocycles. The lowest BCUT2D eigenvalue weighted by Crippen LogP contribution is -2.47. The van der Waals surface area contributed by atoms with Crippen molar-refractivity contribution < 1.29 is 9.90 Å². The number of carbonyl (C=O) groups excluding carboxylic acids is 1. The highest BCUT2D eigenvalue weighted by molar-refractivity contribution is 5.81. The van der Waals surface area contributed by atoms with Crippen LogP contribution < -0.4 is 5.32 Å². The number of hydrogen-bond donors (Lipinski definition) is 2.